The summed E-state index contributed by atoms with van der Waals surface area (Å²) in [5.41, 5.74) is 0.724. The molecule has 0 radical (unpaired) electrons. The number of para-hydroxylation sites is 1. The lowest BCUT2D eigenvalue weighted by Crippen LogP contribution is -2.17. The first-order chi connectivity index (χ1) is 13.2. The van der Waals surface area contributed by atoms with Gasteiger partial charge in [0.15, 0.2) is 5.82 Å². The normalized spacial score (nSPS) is 10.4. The Balaban J connectivity index is 1.68. The average Bonchev–Trinajstić information content (AvgIpc) is 3.22. The molecular formula is C18H17N5O3S. The number of hydrogen-bond donors (Lipinski definition) is 1. The van der Waals surface area contributed by atoms with Crippen LogP contribution in [0, 0.1) is 0 Å². The Hall–Kier alpha value is -3.20. The molecule has 1 amide bonds. The van der Waals surface area contributed by atoms with Crippen LogP contribution in [-0.2, 0) is 9.53 Å². The monoisotopic (exact) mass is 383 g/mol. The van der Waals surface area contributed by atoms with Gasteiger partial charge in [-0.05, 0) is 25.1 Å². The van der Waals surface area contributed by atoms with Crippen LogP contribution in [-0.4, -0.2) is 44.0 Å². The van der Waals surface area contributed by atoms with Crippen molar-refractivity contribution >= 4 is 29.3 Å². The maximum absolute atomic E-state index is 12.4. The molecule has 27 heavy (non-hydrogen) atoms. The maximum Gasteiger partial charge on any atom is 0.340 e. The number of carbonyl (C=O) groups is 2. The van der Waals surface area contributed by atoms with Crippen molar-refractivity contribution in [2.75, 3.05) is 17.7 Å². The van der Waals surface area contributed by atoms with Crippen LogP contribution < -0.4 is 5.32 Å². The Bertz CT molecular complexity index is 930. The number of hydrogen-bond acceptors (Lipinski definition) is 7. The molecule has 1 aromatic carbocycles. The van der Waals surface area contributed by atoms with Crippen LogP contribution in [0.5, 0.6) is 0 Å². The van der Waals surface area contributed by atoms with E-state index >= 15 is 0 Å². The molecule has 3 rings (SSSR count). The standard InChI is InChI=1S/C18H17N5O3S/c1-2-26-18(25)13-6-3-4-7-14(13)22-15(24)12-27-17-16(19-9-10-20-17)23-11-5-8-21-23/h3-11H,2,12H2,1H3,(H,22,24). The van der Waals surface area contributed by atoms with Crippen molar-refractivity contribution in [2.45, 2.75) is 11.9 Å². The summed E-state index contributed by atoms with van der Waals surface area (Å²) in [4.78, 5) is 32.9. The van der Waals surface area contributed by atoms with Gasteiger partial charge in [-0.1, -0.05) is 23.9 Å². The number of amides is 1. The van der Waals surface area contributed by atoms with Crippen LogP contribution in [0.25, 0.3) is 5.82 Å². The van der Waals surface area contributed by atoms with E-state index in [0.29, 0.717) is 22.1 Å². The SMILES string of the molecule is CCOC(=O)c1ccccc1NC(=O)CSc1nccnc1-n1cccn1. The summed E-state index contributed by atoms with van der Waals surface area (Å²) in [5, 5.41) is 7.46. The first kappa shape index (κ1) is 18.6. The third-order valence-electron chi connectivity index (χ3n) is 3.40. The average molecular weight is 383 g/mol. The lowest BCUT2D eigenvalue weighted by atomic mass is 10.2. The highest BCUT2D eigenvalue weighted by Gasteiger charge is 2.15. The van der Waals surface area contributed by atoms with Crippen molar-refractivity contribution < 1.29 is 14.3 Å². The number of rotatable bonds is 7. The lowest BCUT2D eigenvalue weighted by molar-refractivity contribution is -0.113. The third kappa shape index (κ3) is 4.70. The number of nitrogens with one attached hydrogen (secondary N) is 1. The topological polar surface area (TPSA) is 99.0 Å². The van der Waals surface area contributed by atoms with E-state index in [1.54, 1.807) is 66.7 Å². The van der Waals surface area contributed by atoms with Gasteiger partial charge in [-0.2, -0.15) is 5.10 Å². The zero-order valence-corrected chi connectivity index (χ0v) is 15.3. The van der Waals surface area contributed by atoms with Gasteiger partial charge in [-0.25, -0.2) is 19.4 Å². The first-order valence-electron chi connectivity index (χ1n) is 8.19. The van der Waals surface area contributed by atoms with Crippen LogP contribution in [0.15, 0.2) is 60.1 Å². The molecular weight excluding hydrogens is 366 g/mol. The number of thioether (sulfide) groups is 1. The predicted molar refractivity (Wildman–Crippen MR) is 101 cm³/mol. The molecule has 138 valence electrons. The van der Waals surface area contributed by atoms with Gasteiger partial charge in [0, 0.05) is 24.8 Å². The van der Waals surface area contributed by atoms with Crippen molar-refractivity contribution in [1.29, 1.82) is 0 Å². The smallest absolute Gasteiger partial charge is 0.340 e. The fourth-order valence-corrected chi connectivity index (χ4v) is 3.02. The highest BCUT2D eigenvalue weighted by atomic mass is 32.2. The van der Waals surface area contributed by atoms with Crippen molar-refractivity contribution in [1.82, 2.24) is 19.7 Å². The summed E-state index contributed by atoms with van der Waals surface area (Å²) in [5.74, 6) is -0.0959. The number of carbonyl (C=O) groups excluding carboxylic acids is 2. The molecule has 0 fully saturated rings. The molecule has 0 aliphatic heterocycles. The van der Waals surface area contributed by atoms with Gasteiger partial charge in [0.2, 0.25) is 5.91 Å². The van der Waals surface area contributed by atoms with Crippen LogP contribution in [0.1, 0.15) is 17.3 Å². The molecule has 3 aromatic rings. The molecule has 9 heteroatoms. The Labute approximate surface area is 160 Å². The van der Waals surface area contributed by atoms with Crippen molar-refractivity contribution in [3.63, 3.8) is 0 Å². The van der Waals surface area contributed by atoms with E-state index < -0.39 is 5.97 Å². The largest absolute Gasteiger partial charge is 0.462 e. The van der Waals surface area contributed by atoms with E-state index in [9.17, 15) is 9.59 Å². The van der Waals surface area contributed by atoms with Crippen molar-refractivity contribution in [2.24, 2.45) is 0 Å². The van der Waals surface area contributed by atoms with Crippen LogP contribution in [0.3, 0.4) is 0 Å². The minimum absolute atomic E-state index is 0.101. The molecule has 0 saturated carbocycles. The second-order valence-electron chi connectivity index (χ2n) is 5.24. The Morgan fingerprint density at radius 3 is 2.74 bits per heavy atom. The fraction of sp³-hybridized carbons (Fsp3) is 0.167. The summed E-state index contributed by atoms with van der Waals surface area (Å²) in [6, 6.07) is 8.50. The third-order valence-corrected chi connectivity index (χ3v) is 4.37. The zero-order valence-electron chi connectivity index (χ0n) is 14.5. The summed E-state index contributed by atoms with van der Waals surface area (Å²) >= 11 is 1.23. The van der Waals surface area contributed by atoms with Gasteiger partial charge in [-0.15, -0.1) is 0 Å². The van der Waals surface area contributed by atoms with E-state index in [1.165, 1.54) is 11.8 Å². The lowest BCUT2D eigenvalue weighted by Gasteiger charge is -2.10. The van der Waals surface area contributed by atoms with Crippen LogP contribution in [0.2, 0.25) is 0 Å². The molecule has 8 nitrogen and oxygen atoms in total. The Morgan fingerprint density at radius 1 is 1.15 bits per heavy atom. The zero-order chi connectivity index (χ0) is 19.1. The number of benzene rings is 1. The first-order valence-corrected chi connectivity index (χ1v) is 9.17. The van der Waals surface area contributed by atoms with Gasteiger partial charge in [0.1, 0.15) is 5.03 Å². The second-order valence-corrected chi connectivity index (χ2v) is 6.20. The minimum atomic E-state index is -0.476. The molecule has 0 saturated heterocycles. The molecule has 2 heterocycles. The number of esters is 1. The molecule has 0 aliphatic carbocycles. The molecule has 1 N–H and O–H groups in total. The molecule has 0 atom stereocenters. The quantitative estimate of drug-likeness (QED) is 0.494. The molecule has 0 unspecified atom stereocenters. The number of aromatic nitrogens is 4. The van der Waals surface area contributed by atoms with Crippen molar-refractivity contribution in [3.05, 3.63) is 60.7 Å². The van der Waals surface area contributed by atoms with Crippen LogP contribution >= 0.6 is 11.8 Å². The Kier molecular flexibility index (Phi) is 6.16. The molecule has 0 spiro atoms. The molecule has 0 bridgehead atoms. The number of nitrogens with zero attached hydrogens (tertiary/aromatic N) is 4. The van der Waals surface area contributed by atoms with E-state index in [-0.39, 0.29) is 18.3 Å². The van der Waals surface area contributed by atoms with Crippen molar-refractivity contribution in [3.8, 4) is 5.82 Å². The van der Waals surface area contributed by atoms with Gasteiger partial charge in [0.05, 0.1) is 23.6 Å². The second kappa shape index (κ2) is 8.95. The summed E-state index contributed by atoms with van der Waals surface area (Å²) in [6.45, 7) is 1.99. The number of ether oxygens (including phenoxy) is 1. The van der Waals surface area contributed by atoms with Gasteiger partial charge in [-0.3, -0.25) is 4.79 Å². The minimum Gasteiger partial charge on any atom is -0.462 e. The van der Waals surface area contributed by atoms with Gasteiger partial charge in [0.25, 0.3) is 0 Å². The summed E-state index contributed by atoms with van der Waals surface area (Å²) in [6.07, 6.45) is 6.52. The van der Waals surface area contributed by atoms with E-state index in [1.807, 2.05) is 0 Å². The number of anilines is 1. The van der Waals surface area contributed by atoms with E-state index in [2.05, 4.69) is 20.4 Å². The van der Waals surface area contributed by atoms with Gasteiger partial charge >= 0.3 is 5.97 Å². The summed E-state index contributed by atoms with van der Waals surface area (Å²) < 4.78 is 6.60. The fourth-order valence-electron chi connectivity index (χ4n) is 2.27. The Morgan fingerprint density at radius 2 is 1.96 bits per heavy atom. The van der Waals surface area contributed by atoms with Crippen LogP contribution in [0.4, 0.5) is 5.69 Å². The van der Waals surface area contributed by atoms with E-state index in [4.69, 9.17) is 4.74 Å². The highest BCUT2D eigenvalue weighted by molar-refractivity contribution is 8.00. The highest BCUT2D eigenvalue weighted by Crippen LogP contribution is 2.22. The predicted octanol–water partition coefficient (Wildman–Crippen LogP) is 2.57. The van der Waals surface area contributed by atoms with Gasteiger partial charge < -0.3 is 10.1 Å². The molecule has 0 aliphatic rings. The van der Waals surface area contributed by atoms with E-state index in [0.717, 1.165) is 0 Å². The molecule has 2 aromatic heterocycles. The summed E-state index contributed by atoms with van der Waals surface area (Å²) in [7, 11) is 0. The maximum atomic E-state index is 12.4.